The Kier molecular flexibility index (Phi) is 40.9. The first-order valence-corrected chi connectivity index (χ1v) is 55.6. The number of aliphatic hydroxyl groups is 4. The van der Waals surface area contributed by atoms with Crippen LogP contribution < -0.4 is 40.5 Å². The molecule has 10 N–H and O–H groups in total. The Labute approximate surface area is 873 Å². The Morgan fingerprint density at radius 2 is 0.637 bits per heavy atom. The lowest BCUT2D eigenvalue weighted by molar-refractivity contribution is -0.118. The number of nitrogens with zero attached hydrogens (tertiary/aromatic N) is 10. The number of benzene rings is 8. The first-order chi connectivity index (χ1) is 70.4. The molecule has 4 aliphatic heterocycles. The molecule has 4 atom stereocenters. The molecule has 16 rings (SSSR count). The fraction of sp³-hybridized carbons (Fsp3) is 0.375. The summed E-state index contributed by atoms with van der Waals surface area (Å²) in [5.41, 5.74) is 11.4. The number of piperazine rings is 2. The summed E-state index contributed by atoms with van der Waals surface area (Å²) in [6.07, 6.45) is 0. The van der Waals surface area contributed by atoms with Gasteiger partial charge in [0.2, 0.25) is 0 Å². The van der Waals surface area contributed by atoms with E-state index in [0.717, 1.165) is 225 Å². The number of carbonyl (C=O) groups is 2. The van der Waals surface area contributed by atoms with Crippen LogP contribution in [0, 0.1) is 69.0 Å². The van der Waals surface area contributed by atoms with Crippen molar-refractivity contribution in [1.29, 1.82) is 21.0 Å². The normalized spacial score (nSPS) is 16.1. The van der Waals surface area contributed by atoms with Crippen LogP contribution in [0.3, 0.4) is 0 Å². The number of nitrogens with one attached hydrogen (secondary N) is 6. The van der Waals surface area contributed by atoms with Crippen molar-refractivity contribution in [3.05, 3.63) is 235 Å². The molecule has 12 aromatic rings. The van der Waals surface area contributed by atoms with E-state index >= 15 is 0 Å². The highest BCUT2D eigenvalue weighted by Gasteiger charge is 2.28. The molecule has 4 aromatic heterocycles. The monoisotopic (exact) mass is 2080 g/mol. The Morgan fingerprint density at radius 3 is 0.938 bits per heavy atom. The first-order valence-electron chi connectivity index (χ1n) is 49.4. The van der Waals surface area contributed by atoms with E-state index in [0.29, 0.717) is 35.4 Å². The lowest BCUT2D eigenvalue weighted by Crippen LogP contribution is -2.44. The number of thiophene rings is 4. The molecular formula is C112H132N16O12S6. The minimum absolute atomic E-state index is 0.0118. The summed E-state index contributed by atoms with van der Waals surface area (Å²) < 4.78 is 66.5. The largest absolute Gasteiger partial charge is 0.396 e. The standard InChI is InChI=1S/C29H34N4O3S.C28H34N4O4S2.C28H32N4O2S.C27H32N4O3S2/c1-20(19-34)18-32-29(35)26(17-30)21(2)27-7-8-28(37-27)24-4-3-23-16-25(6-5-22(23)15-24)31-9-10-33-11-13-36-14-12-33;1-20(19-33)18-31-38(34,35)28(17-29)21(2)26-7-8-27(37-26)24-4-3-23-16-25(6-5-22(23)15-24)30-9-10-32-11-13-36-14-12-32;1-19(18-33)17-30-28(34)25(16-29)20(2)26-8-9-27(35-26)23-5-4-22-15-24(7-6-21(22)14-23)32-12-10-31(3)11-13-32;1-19(18-32)17-29-36(33,34)27(16-28)20(2)25-8-9-26(35-25)23-5-4-22-15-24(7-6-21(22)14-23)31-12-10-30(3)11-13-31/h3-8,15-16,20,31,34H,9-14,18-19H2,1-2H3,(H,32,35);3-8,15-16,20,30-31,33H,9-14,18-19H2,1-2H3;4-9,14-15,19,33H,10-13,17-18H2,1-3H3,(H,30,34);4-9,14-15,19,29,32H,10-13,17-18H2,1-3H3/b26-21+;28-21+;25-20+;27-20+. The van der Waals surface area contributed by atoms with Gasteiger partial charge in [0.1, 0.15) is 35.4 Å². The molecule has 0 radical (unpaired) electrons. The lowest BCUT2D eigenvalue weighted by atomic mass is 10.0. The summed E-state index contributed by atoms with van der Waals surface area (Å²) in [7, 11) is -3.62. The highest BCUT2D eigenvalue weighted by molar-refractivity contribution is 7.94. The average Bonchev–Trinajstić information content (AvgIpc) is 1.35. The number of ether oxygens (including phenoxy) is 2. The Hall–Kier alpha value is -11.9. The number of aliphatic hydroxyl groups excluding tert-OH is 4. The molecule has 146 heavy (non-hydrogen) atoms. The quantitative estimate of drug-likeness (QED) is 0.0129. The summed E-state index contributed by atoms with van der Waals surface area (Å²) >= 11 is 6.06. The van der Waals surface area contributed by atoms with Crippen molar-refractivity contribution in [2.75, 3.05) is 218 Å². The van der Waals surface area contributed by atoms with Gasteiger partial charge in [0.05, 0.1) is 26.4 Å². The summed E-state index contributed by atoms with van der Waals surface area (Å²) in [5.74, 6) is -1.41. The molecule has 4 unspecified atom stereocenters. The molecule has 0 spiro atoms. The van der Waals surface area contributed by atoms with Crippen molar-refractivity contribution < 1.29 is 56.3 Å². The van der Waals surface area contributed by atoms with Gasteiger partial charge in [-0.25, -0.2) is 26.3 Å². The third-order valence-electron chi connectivity index (χ3n) is 26.4. The number of amides is 2. The number of anilines is 4. The molecule has 34 heteroatoms. The van der Waals surface area contributed by atoms with E-state index in [2.05, 4.69) is 232 Å². The number of carbonyl (C=O) groups excluding carboxylic acids is 2. The van der Waals surface area contributed by atoms with E-state index in [4.69, 9.17) is 29.9 Å². The fourth-order valence-electron chi connectivity index (χ4n) is 16.8. The molecule has 2 amide bonds. The van der Waals surface area contributed by atoms with Gasteiger partial charge in [0.15, 0.2) is 9.81 Å². The predicted molar refractivity (Wildman–Crippen MR) is 598 cm³/mol. The van der Waals surface area contributed by atoms with Crippen LogP contribution in [0.1, 0.15) is 74.9 Å². The second kappa shape index (κ2) is 53.6. The van der Waals surface area contributed by atoms with E-state index in [-0.39, 0.29) is 84.1 Å². The molecule has 4 fully saturated rings. The second-order valence-electron chi connectivity index (χ2n) is 37.7. The van der Waals surface area contributed by atoms with Crippen LogP contribution in [-0.2, 0) is 39.1 Å². The van der Waals surface area contributed by atoms with Gasteiger partial charge < -0.3 is 70.8 Å². The van der Waals surface area contributed by atoms with Gasteiger partial charge >= 0.3 is 0 Å². The lowest BCUT2D eigenvalue weighted by Gasteiger charge is -2.34. The number of rotatable bonds is 36. The van der Waals surface area contributed by atoms with Crippen molar-refractivity contribution in [2.24, 2.45) is 23.7 Å². The molecule has 0 aliphatic carbocycles. The highest BCUT2D eigenvalue weighted by Crippen LogP contribution is 2.42. The smallest absolute Gasteiger partial charge is 0.262 e. The molecular weight excluding hydrogens is 1950 g/mol. The molecule has 8 heterocycles. The predicted octanol–water partition coefficient (Wildman–Crippen LogP) is 17.0. The summed E-state index contributed by atoms with van der Waals surface area (Å²) in [4.78, 5) is 46.2. The molecule has 8 aromatic carbocycles. The Morgan fingerprint density at radius 1 is 0.356 bits per heavy atom. The van der Waals surface area contributed by atoms with Gasteiger partial charge in [0.25, 0.3) is 31.9 Å². The number of hydrogen-bond donors (Lipinski definition) is 10. The molecule has 0 bridgehead atoms. The summed E-state index contributed by atoms with van der Waals surface area (Å²) in [5, 5.41) is 97.0. The molecule has 768 valence electrons. The van der Waals surface area contributed by atoms with E-state index in [1.807, 2.05) is 81.4 Å². The van der Waals surface area contributed by atoms with E-state index in [1.54, 1.807) is 57.3 Å². The van der Waals surface area contributed by atoms with Crippen LogP contribution in [0.5, 0.6) is 0 Å². The van der Waals surface area contributed by atoms with Crippen molar-refractivity contribution in [3.63, 3.8) is 0 Å². The molecule has 4 aliphatic rings. The van der Waals surface area contributed by atoms with Crippen LogP contribution in [0.2, 0.25) is 0 Å². The van der Waals surface area contributed by atoms with Gasteiger partial charge in [-0.1, -0.05) is 100 Å². The number of sulfonamides is 2. The van der Waals surface area contributed by atoms with Gasteiger partial charge in [-0.05, 0) is 274 Å². The zero-order valence-corrected chi connectivity index (χ0v) is 89.5. The van der Waals surface area contributed by atoms with Gasteiger partial charge in [-0.2, -0.15) is 21.0 Å². The SMILES string of the molecule is C/C(=C(/C#N)C(=O)NCC(C)CO)c1ccc(-c2ccc3cc(N4CCN(C)CC4)ccc3c2)s1.C/C(=C(/C#N)C(=O)NCC(C)CO)c1ccc(-c2ccc3cc(NCCN4CCOCC4)ccc3c2)s1.C/C(=C(/C#N)S(=O)(=O)NCC(C)CO)c1ccc(-c2ccc3cc(N4CCN(C)CC4)ccc3c2)s1.C/C(=C(/C#N)S(=O)(=O)NCC(C)CO)c1ccc(-c2ccc3cc(NCCN4CCOCC4)ccc3c2)s1. The average molecular weight is 2090 g/mol. The van der Waals surface area contributed by atoms with Crippen molar-refractivity contribution in [2.45, 2.75) is 55.4 Å². The number of hydrogen-bond acceptors (Lipinski definition) is 28. The summed E-state index contributed by atoms with van der Waals surface area (Å²) in [6.45, 7) is 34.0. The van der Waals surface area contributed by atoms with Gasteiger partial charge in [0, 0.05) is 219 Å². The van der Waals surface area contributed by atoms with Crippen LogP contribution in [-0.4, -0.2) is 267 Å². The molecule has 4 saturated heterocycles. The minimum atomic E-state index is -3.98. The number of morpholine rings is 2. The number of fused-ring (bicyclic) bond motifs is 4. The Bertz CT molecular complexity index is 7110. The molecule has 0 saturated carbocycles. The topological polar surface area (TPSA) is 389 Å². The maximum Gasteiger partial charge on any atom is 0.262 e. The number of allylic oxidation sites excluding steroid dienone is 6. The minimum Gasteiger partial charge on any atom is -0.396 e. The maximum atomic E-state index is 12.7. The molecule has 28 nitrogen and oxygen atoms in total. The Balaban J connectivity index is 0.000000163. The summed E-state index contributed by atoms with van der Waals surface area (Å²) in [6, 6.07) is 75.1. The number of nitriles is 4. The van der Waals surface area contributed by atoms with Crippen molar-refractivity contribution in [1.82, 2.24) is 39.7 Å². The van der Waals surface area contributed by atoms with Crippen LogP contribution >= 0.6 is 45.3 Å². The van der Waals surface area contributed by atoms with Crippen LogP contribution in [0.4, 0.5) is 22.7 Å². The van der Waals surface area contributed by atoms with Crippen LogP contribution in [0.25, 0.3) is 107 Å². The van der Waals surface area contributed by atoms with Gasteiger partial charge in [-0.3, -0.25) is 19.4 Å². The van der Waals surface area contributed by atoms with Gasteiger partial charge in [-0.15, -0.1) is 45.3 Å². The zero-order valence-electron chi connectivity index (χ0n) is 84.6. The third kappa shape index (κ3) is 30.2. The van der Waals surface area contributed by atoms with E-state index in [9.17, 15) is 47.5 Å². The second-order valence-corrected chi connectivity index (χ2v) is 45.4. The van der Waals surface area contributed by atoms with Crippen molar-refractivity contribution in [3.8, 4) is 66.0 Å². The maximum absolute atomic E-state index is 12.7. The fourth-order valence-corrected chi connectivity index (χ4v) is 23.6. The van der Waals surface area contributed by atoms with Crippen molar-refractivity contribution >= 4 is 165 Å². The van der Waals surface area contributed by atoms with E-state index in [1.165, 1.54) is 55.6 Å². The number of likely N-dealkylation sites (N-methyl/N-ethyl adjacent to an activating group) is 2. The zero-order chi connectivity index (χ0) is 104. The van der Waals surface area contributed by atoms with E-state index < -0.39 is 31.9 Å². The van der Waals surface area contributed by atoms with Crippen LogP contribution in [0.15, 0.2) is 215 Å². The highest BCUT2D eigenvalue weighted by atomic mass is 32.2. The first kappa shape index (κ1) is 111. The third-order valence-corrected chi connectivity index (χ3v) is 34.4.